The Morgan fingerprint density at radius 1 is 1.26 bits per heavy atom. The number of fused-ring (bicyclic) bond motifs is 1. The molecule has 1 aliphatic carbocycles. The summed E-state index contributed by atoms with van der Waals surface area (Å²) in [4.78, 5) is 12.3. The Labute approximate surface area is 135 Å². The van der Waals surface area contributed by atoms with Crippen LogP contribution in [0.4, 0.5) is 4.39 Å². The van der Waals surface area contributed by atoms with Crippen LogP contribution in [0.3, 0.4) is 0 Å². The zero-order valence-corrected chi connectivity index (χ0v) is 13.1. The minimum absolute atomic E-state index is 0.0368. The van der Waals surface area contributed by atoms with Gasteiger partial charge < -0.3 is 10.1 Å². The van der Waals surface area contributed by atoms with Crippen molar-refractivity contribution in [1.29, 1.82) is 0 Å². The van der Waals surface area contributed by atoms with Gasteiger partial charge in [0.1, 0.15) is 11.6 Å². The van der Waals surface area contributed by atoms with Crippen molar-refractivity contribution in [3.05, 3.63) is 65.0 Å². The predicted molar refractivity (Wildman–Crippen MR) is 86.9 cm³/mol. The summed E-state index contributed by atoms with van der Waals surface area (Å²) < 4.78 is 18.2. The smallest absolute Gasteiger partial charge is 0.224 e. The Morgan fingerprint density at radius 3 is 2.78 bits per heavy atom. The number of benzene rings is 2. The number of carbonyl (C=O) groups excluding carboxylic acids is 1. The molecular weight excluding hydrogens is 293 g/mol. The summed E-state index contributed by atoms with van der Waals surface area (Å²) in [6, 6.07) is 12.1. The van der Waals surface area contributed by atoms with E-state index in [1.165, 1.54) is 23.3 Å². The van der Waals surface area contributed by atoms with E-state index < -0.39 is 0 Å². The van der Waals surface area contributed by atoms with E-state index in [1.54, 1.807) is 19.2 Å². The lowest BCUT2D eigenvalue weighted by Crippen LogP contribution is -2.32. The number of methoxy groups -OCH3 is 1. The van der Waals surface area contributed by atoms with Gasteiger partial charge in [-0.2, -0.15) is 0 Å². The molecule has 0 radical (unpaired) electrons. The van der Waals surface area contributed by atoms with Crippen LogP contribution in [0.1, 0.15) is 35.6 Å². The molecule has 0 fully saturated rings. The number of rotatable bonds is 4. The van der Waals surface area contributed by atoms with Gasteiger partial charge in [-0.05, 0) is 60.2 Å². The quantitative estimate of drug-likeness (QED) is 0.937. The maximum atomic E-state index is 12.9. The fraction of sp³-hybridized carbons (Fsp3) is 0.316. The molecule has 0 aromatic heterocycles. The summed E-state index contributed by atoms with van der Waals surface area (Å²) in [5.41, 5.74) is 3.22. The van der Waals surface area contributed by atoms with Gasteiger partial charge in [0, 0.05) is 0 Å². The van der Waals surface area contributed by atoms with Crippen LogP contribution < -0.4 is 10.1 Å². The molecule has 2 aromatic rings. The van der Waals surface area contributed by atoms with Crippen LogP contribution in [0.15, 0.2) is 42.5 Å². The number of hydrogen-bond acceptors (Lipinski definition) is 2. The molecule has 1 unspecified atom stereocenters. The van der Waals surface area contributed by atoms with Crippen molar-refractivity contribution in [2.24, 2.45) is 0 Å². The first-order valence-corrected chi connectivity index (χ1v) is 7.86. The second kappa shape index (κ2) is 6.82. The van der Waals surface area contributed by atoms with Crippen LogP contribution in [0, 0.1) is 5.82 Å². The summed E-state index contributed by atoms with van der Waals surface area (Å²) >= 11 is 0. The maximum absolute atomic E-state index is 12.9. The Balaban J connectivity index is 1.69. The van der Waals surface area contributed by atoms with Gasteiger partial charge >= 0.3 is 0 Å². The molecule has 3 rings (SSSR count). The number of carbonyl (C=O) groups is 1. The van der Waals surface area contributed by atoms with Crippen LogP contribution in [-0.4, -0.2) is 13.0 Å². The summed E-state index contributed by atoms with van der Waals surface area (Å²) in [5.74, 6) is 0.525. The number of aryl methyl sites for hydroxylation is 1. The molecule has 0 saturated carbocycles. The number of ether oxygens (including phenoxy) is 1. The molecule has 120 valence electrons. The summed E-state index contributed by atoms with van der Waals surface area (Å²) in [6.45, 7) is 0. The van der Waals surface area contributed by atoms with Crippen molar-refractivity contribution >= 4 is 5.91 Å². The molecule has 0 heterocycles. The molecule has 2 aromatic carbocycles. The average molecular weight is 313 g/mol. The number of halogens is 1. The first kappa shape index (κ1) is 15.5. The molecule has 0 spiro atoms. The zero-order valence-electron chi connectivity index (χ0n) is 13.1. The van der Waals surface area contributed by atoms with Crippen LogP contribution >= 0.6 is 0 Å². The molecular formula is C19H20FNO2. The third-order valence-electron chi connectivity index (χ3n) is 4.28. The lowest BCUT2D eigenvalue weighted by molar-refractivity contribution is -0.121. The van der Waals surface area contributed by atoms with Crippen LogP contribution in [-0.2, 0) is 17.6 Å². The fourth-order valence-corrected chi connectivity index (χ4v) is 3.10. The van der Waals surface area contributed by atoms with Crippen LogP contribution in [0.25, 0.3) is 0 Å². The monoisotopic (exact) mass is 313 g/mol. The van der Waals surface area contributed by atoms with Crippen molar-refractivity contribution in [3.8, 4) is 5.75 Å². The minimum Gasteiger partial charge on any atom is -0.497 e. The van der Waals surface area contributed by atoms with E-state index in [-0.39, 0.29) is 24.2 Å². The molecule has 23 heavy (non-hydrogen) atoms. The summed E-state index contributed by atoms with van der Waals surface area (Å²) in [6.07, 6.45) is 3.26. The minimum atomic E-state index is -0.288. The Morgan fingerprint density at radius 2 is 2.04 bits per heavy atom. The van der Waals surface area contributed by atoms with Crippen molar-refractivity contribution in [2.75, 3.05) is 7.11 Å². The van der Waals surface area contributed by atoms with Crippen LogP contribution in [0.5, 0.6) is 5.75 Å². The van der Waals surface area contributed by atoms with Crippen LogP contribution in [0.2, 0.25) is 0 Å². The molecule has 1 N–H and O–H groups in total. The Hall–Kier alpha value is -2.36. The number of amides is 1. The highest BCUT2D eigenvalue weighted by Crippen LogP contribution is 2.32. The molecule has 4 heteroatoms. The summed E-state index contributed by atoms with van der Waals surface area (Å²) in [7, 11) is 1.66. The van der Waals surface area contributed by atoms with E-state index in [4.69, 9.17) is 4.74 Å². The third kappa shape index (κ3) is 3.70. The van der Waals surface area contributed by atoms with Crippen molar-refractivity contribution in [2.45, 2.75) is 31.7 Å². The molecule has 3 nitrogen and oxygen atoms in total. The topological polar surface area (TPSA) is 38.3 Å². The lowest BCUT2D eigenvalue weighted by Gasteiger charge is -2.27. The van der Waals surface area contributed by atoms with Gasteiger partial charge in [0.15, 0.2) is 0 Å². The van der Waals surface area contributed by atoms with Crippen molar-refractivity contribution < 1.29 is 13.9 Å². The average Bonchev–Trinajstić information content (AvgIpc) is 2.56. The van der Waals surface area contributed by atoms with Crippen molar-refractivity contribution in [3.63, 3.8) is 0 Å². The molecule has 0 aliphatic heterocycles. The highest BCUT2D eigenvalue weighted by Gasteiger charge is 2.22. The molecule has 1 aliphatic rings. The van der Waals surface area contributed by atoms with E-state index in [0.717, 1.165) is 30.6 Å². The highest BCUT2D eigenvalue weighted by atomic mass is 19.1. The standard InChI is InChI=1S/C19H20FNO2/c1-23-16-9-10-17-14(12-16)3-2-4-18(17)21-19(22)11-13-5-7-15(20)8-6-13/h5-10,12,18H,2-4,11H2,1H3,(H,21,22). The second-order valence-electron chi connectivity index (χ2n) is 5.88. The third-order valence-corrected chi connectivity index (χ3v) is 4.28. The van der Waals surface area contributed by atoms with Gasteiger partial charge in [-0.25, -0.2) is 4.39 Å². The fourth-order valence-electron chi connectivity index (χ4n) is 3.10. The largest absolute Gasteiger partial charge is 0.497 e. The van der Waals surface area contributed by atoms with Gasteiger partial charge in [0.25, 0.3) is 0 Å². The van der Waals surface area contributed by atoms with Gasteiger partial charge in [-0.1, -0.05) is 18.2 Å². The molecule has 0 bridgehead atoms. The zero-order chi connectivity index (χ0) is 16.2. The number of hydrogen-bond donors (Lipinski definition) is 1. The number of nitrogens with one attached hydrogen (secondary N) is 1. The lowest BCUT2D eigenvalue weighted by atomic mass is 9.87. The molecule has 1 atom stereocenters. The van der Waals surface area contributed by atoms with Crippen molar-refractivity contribution in [1.82, 2.24) is 5.32 Å². The van der Waals surface area contributed by atoms with E-state index in [0.29, 0.717) is 0 Å². The van der Waals surface area contributed by atoms with E-state index in [2.05, 4.69) is 5.32 Å². The SMILES string of the molecule is COc1ccc2c(c1)CCCC2NC(=O)Cc1ccc(F)cc1. The predicted octanol–water partition coefficient (Wildman–Crippen LogP) is 3.57. The highest BCUT2D eigenvalue weighted by molar-refractivity contribution is 5.79. The summed E-state index contributed by atoms with van der Waals surface area (Å²) in [5, 5.41) is 3.10. The van der Waals surface area contributed by atoms with E-state index in [1.807, 2.05) is 18.2 Å². The van der Waals surface area contributed by atoms with Gasteiger partial charge in [-0.15, -0.1) is 0 Å². The second-order valence-corrected chi connectivity index (χ2v) is 5.88. The molecule has 1 amide bonds. The van der Waals surface area contributed by atoms with Gasteiger partial charge in [0.05, 0.1) is 19.6 Å². The Kier molecular flexibility index (Phi) is 4.60. The Bertz CT molecular complexity index is 697. The van der Waals surface area contributed by atoms with E-state index in [9.17, 15) is 9.18 Å². The first-order chi connectivity index (χ1) is 11.2. The van der Waals surface area contributed by atoms with E-state index >= 15 is 0 Å². The normalized spacial score (nSPS) is 16.5. The maximum Gasteiger partial charge on any atom is 0.224 e. The molecule has 0 saturated heterocycles. The van der Waals surface area contributed by atoms with Gasteiger partial charge in [0.2, 0.25) is 5.91 Å². The first-order valence-electron chi connectivity index (χ1n) is 7.86. The van der Waals surface area contributed by atoms with Gasteiger partial charge in [-0.3, -0.25) is 4.79 Å².